The van der Waals surface area contributed by atoms with Crippen LogP contribution in [0.2, 0.25) is 0 Å². The molecule has 0 unspecified atom stereocenters. The maximum Gasteiger partial charge on any atom is 0.249 e. The Labute approximate surface area is 244 Å². The first-order chi connectivity index (χ1) is 20.4. The number of ether oxygens (including phenoxy) is 3. The normalized spacial score (nSPS) is 14.3. The number of hydrogen-bond acceptors (Lipinski definition) is 8. The van der Waals surface area contributed by atoms with Crippen LogP contribution in [0.3, 0.4) is 0 Å². The van der Waals surface area contributed by atoms with Crippen molar-refractivity contribution in [2.75, 3.05) is 26.2 Å². The molecule has 11 heteroatoms. The number of carbonyl (C=O) groups excluding carboxylic acids is 2. The number of para-hydroxylation sites is 1. The number of benzene rings is 3. The van der Waals surface area contributed by atoms with E-state index in [1.165, 1.54) is 37.0 Å². The van der Waals surface area contributed by atoms with Gasteiger partial charge >= 0.3 is 0 Å². The number of aromatic hydroxyl groups is 1. The van der Waals surface area contributed by atoms with Crippen LogP contribution in [0.15, 0.2) is 60.7 Å². The predicted molar refractivity (Wildman–Crippen MR) is 157 cm³/mol. The van der Waals surface area contributed by atoms with Gasteiger partial charge in [0.1, 0.15) is 29.6 Å². The SMILES string of the molecule is COc1cc(OC)cc(N(C(=O)Cn2nnc3ccccc32)[C@@H](C(=O)NC2CCCCC2)c2ccc(OC)c(O)c2)c1. The third-order valence-corrected chi connectivity index (χ3v) is 7.57. The Morgan fingerprint density at radius 3 is 2.36 bits per heavy atom. The number of nitrogens with zero attached hydrogens (tertiary/aromatic N) is 4. The van der Waals surface area contributed by atoms with Gasteiger partial charge in [-0.1, -0.05) is 42.7 Å². The summed E-state index contributed by atoms with van der Waals surface area (Å²) in [5.74, 6) is 0.184. The zero-order chi connectivity index (χ0) is 29.6. The molecule has 0 radical (unpaired) electrons. The van der Waals surface area contributed by atoms with E-state index < -0.39 is 11.9 Å². The van der Waals surface area contributed by atoms with E-state index in [0.717, 1.165) is 32.1 Å². The van der Waals surface area contributed by atoms with Crippen LogP contribution in [0.5, 0.6) is 23.0 Å². The summed E-state index contributed by atoms with van der Waals surface area (Å²) in [5.41, 5.74) is 2.10. The zero-order valence-corrected chi connectivity index (χ0v) is 23.9. The van der Waals surface area contributed by atoms with Crippen molar-refractivity contribution in [2.45, 2.75) is 50.7 Å². The second-order valence-corrected chi connectivity index (χ2v) is 10.2. The number of phenolic OH excluding ortho intramolecular Hbond substituents is 1. The highest BCUT2D eigenvalue weighted by atomic mass is 16.5. The second-order valence-electron chi connectivity index (χ2n) is 10.2. The Bertz CT molecular complexity index is 1540. The molecule has 42 heavy (non-hydrogen) atoms. The van der Waals surface area contributed by atoms with Crippen LogP contribution in [0.1, 0.15) is 43.7 Å². The van der Waals surface area contributed by atoms with Crippen molar-refractivity contribution < 1.29 is 28.9 Å². The standard InChI is InChI=1S/C31H35N5O6/c1-40-23-16-22(17-24(18-23)41-2)36(29(38)19-35-26-12-8-7-11-25(26)33-34-35)30(20-13-14-28(42-3)27(37)15-20)31(39)32-21-9-5-4-6-10-21/h7-8,11-18,21,30,37H,4-6,9-10,19H2,1-3H3,(H,32,39)/t30-/m1/s1. The zero-order valence-electron chi connectivity index (χ0n) is 23.9. The van der Waals surface area contributed by atoms with Crippen LogP contribution >= 0.6 is 0 Å². The molecule has 1 aliphatic carbocycles. The molecule has 1 heterocycles. The number of hydrogen-bond donors (Lipinski definition) is 2. The minimum absolute atomic E-state index is 0.0170. The van der Waals surface area contributed by atoms with Crippen LogP contribution < -0.4 is 24.4 Å². The summed E-state index contributed by atoms with van der Waals surface area (Å²) in [4.78, 5) is 30.0. The average molecular weight is 574 g/mol. The van der Waals surface area contributed by atoms with Gasteiger partial charge in [0, 0.05) is 24.2 Å². The molecule has 1 fully saturated rings. The van der Waals surface area contributed by atoms with E-state index in [1.807, 2.05) is 24.3 Å². The third kappa shape index (κ3) is 6.09. The largest absolute Gasteiger partial charge is 0.504 e. The van der Waals surface area contributed by atoms with Crippen molar-refractivity contribution in [3.05, 3.63) is 66.2 Å². The van der Waals surface area contributed by atoms with Gasteiger partial charge < -0.3 is 24.6 Å². The van der Waals surface area contributed by atoms with Crippen LogP contribution in [-0.2, 0) is 16.1 Å². The van der Waals surface area contributed by atoms with Crippen molar-refractivity contribution in [1.82, 2.24) is 20.3 Å². The molecule has 1 aromatic heterocycles. The topological polar surface area (TPSA) is 128 Å². The molecule has 1 atom stereocenters. The van der Waals surface area contributed by atoms with E-state index in [4.69, 9.17) is 14.2 Å². The van der Waals surface area contributed by atoms with Crippen molar-refractivity contribution in [2.24, 2.45) is 0 Å². The van der Waals surface area contributed by atoms with Crippen molar-refractivity contribution in [3.8, 4) is 23.0 Å². The first kappa shape index (κ1) is 28.7. The minimum Gasteiger partial charge on any atom is -0.504 e. The van der Waals surface area contributed by atoms with Gasteiger partial charge in [-0.2, -0.15) is 0 Å². The fourth-order valence-electron chi connectivity index (χ4n) is 5.43. The van der Waals surface area contributed by atoms with Gasteiger partial charge in [0.2, 0.25) is 11.8 Å². The Morgan fingerprint density at radius 2 is 1.69 bits per heavy atom. The van der Waals surface area contributed by atoms with E-state index in [0.29, 0.717) is 33.8 Å². The van der Waals surface area contributed by atoms with E-state index in [2.05, 4.69) is 15.6 Å². The molecular formula is C31H35N5O6. The van der Waals surface area contributed by atoms with Crippen LogP contribution in [0.4, 0.5) is 5.69 Å². The van der Waals surface area contributed by atoms with E-state index in [1.54, 1.807) is 30.3 Å². The molecule has 5 rings (SSSR count). The molecule has 1 aliphatic rings. The molecule has 11 nitrogen and oxygen atoms in total. The number of carbonyl (C=O) groups is 2. The summed E-state index contributed by atoms with van der Waals surface area (Å²) in [7, 11) is 4.48. The Morgan fingerprint density at radius 1 is 0.976 bits per heavy atom. The number of fused-ring (bicyclic) bond motifs is 1. The Balaban J connectivity index is 1.64. The van der Waals surface area contributed by atoms with Crippen molar-refractivity contribution in [3.63, 3.8) is 0 Å². The highest BCUT2D eigenvalue weighted by Gasteiger charge is 2.35. The number of phenols is 1. The van der Waals surface area contributed by atoms with Crippen LogP contribution in [-0.4, -0.2) is 59.3 Å². The lowest BCUT2D eigenvalue weighted by Crippen LogP contribution is -2.48. The van der Waals surface area contributed by atoms with Gasteiger partial charge in [0.15, 0.2) is 11.5 Å². The van der Waals surface area contributed by atoms with Crippen LogP contribution in [0.25, 0.3) is 11.0 Å². The predicted octanol–water partition coefficient (Wildman–Crippen LogP) is 4.39. The Hall–Kier alpha value is -4.80. The number of methoxy groups -OCH3 is 3. The first-order valence-corrected chi connectivity index (χ1v) is 13.9. The van der Waals surface area contributed by atoms with Crippen LogP contribution in [0, 0.1) is 0 Å². The maximum atomic E-state index is 14.4. The molecule has 0 aliphatic heterocycles. The summed E-state index contributed by atoms with van der Waals surface area (Å²) in [6.07, 6.45) is 4.89. The summed E-state index contributed by atoms with van der Waals surface area (Å²) >= 11 is 0. The lowest BCUT2D eigenvalue weighted by atomic mass is 9.94. The molecule has 4 aromatic rings. The lowest BCUT2D eigenvalue weighted by Gasteiger charge is -2.34. The number of anilines is 1. The summed E-state index contributed by atoms with van der Waals surface area (Å²) in [6, 6.07) is 15.9. The summed E-state index contributed by atoms with van der Waals surface area (Å²) in [6.45, 7) is -0.199. The highest BCUT2D eigenvalue weighted by molar-refractivity contribution is 6.02. The molecule has 1 saturated carbocycles. The molecule has 0 saturated heterocycles. The van der Waals surface area contributed by atoms with Gasteiger partial charge in [0.05, 0.1) is 32.5 Å². The fourth-order valence-corrected chi connectivity index (χ4v) is 5.43. The lowest BCUT2D eigenvalue weighted by molar-refractivity contribution is -0.127. The molecule has 220 valence electrons. The summed E-state index contributed by atoms with van der Waals surface area (Å²) < 4.78 is 17.8. The molecule has 0 spiro atoms. The number of rotatable bonds is 10. The van der Waals surface area contributed by atoms with E-state index in [9.17, 15) is 14.7 Å². The molecule has 0 bridgehead atoms. The van der Waals surface area contributed by atoms with E-state index >= 15 is 0 Å². The highest BCUT2D eigenvalue weighted by Crippen LogP contribution is 2.37. The number of amides is 2. The van der Waals surface area contributed by atoms with Gasteiger partial charge in [-0.15, -0.1) is 5.10 Å². The maximum absolute atomic E-state index is 14.4. The fraction of sp³-hybridized carbons (Fsp3) is 0.355. The second kappa shape index (κ2) is 12.8. The molecule has 2 N–H and O–H groups in total. The molecule has 3 aromatic carbocycles. The first-order valence-electron chi connectivity index (χ1n) is 13.9. The van der Waals surface area contributed by atoms with Gasteiger partial charge in [-0.25, -0.2) is 4.68 Å². The van der Waals surface area contributed by atoms with Gasteiger partial charge in [0.25, 0.3) is 0 Å². The third-order valence-electron chi connectivity index (χ3n) is 7.57. The molecule has 2 amide bonds. The van der Waals surface area contributed by atoms with Crippen molar-refractivity contribution >= 4 is 28.5 Å². The minimum atomic E-state index is -1.15. The average Bonchev–Trinajstić information content (AvgIpc) is 3.42. The smallest absolute Gasteiger partial charge is 0.249 e. The van der Waals surface area contributed by atoms with E-state index in [-0.39, 0.29) is 30.0 Å². The monoisotopic (exact) mass is 573 g/mol. The molecular weight excluding hydrogens is 538 g/mol. The number of nitrogens with one attached hydrogen (secondary N) is 1. The quantitative estimate of drug-likeness (QED) is 0.286. The van der Waals surface area contributed by atoms with Gasteiger partial charge in [-0.3, -0.25) is 14.5 Å². The Kier molecular flexibility index (Phi) is 8.75. The van der Waals surface area contributed by atoms with Gasteiger partial charge in [-0.05, 0) is 42.7 Å². The van der Waals surface area contributed by atoms with Crippen molar-refractivity contribution in [1.29, 1.82) is 0 Å². The summed E-state index contributed by atoms with van der Waals surface area (Å²) in [5, 5.41) is 22.3. The number of aromatic nitrogens is 3.